The molecule has 0 saturated heterocycles. The average molecular weight is 273 g/mol. The zero-order chi connectivity index (χ0) is 12.4. The van der Waals surface area contributed by atoms with Gasteiger partial charge in [0.25, 0.3) is 0 Å². The van der Waals surface area contributed by atoms with Crippen molar-refractivity contribution < 1.29 is 4.39 Å². The first-order chi connectivity index (χ1) is 8.08. The lowest BCUT2D eigenvalue weighted by molar-refractivity contribution is 0.628. The summed E-state index contributed by atoms with van der Waals surface area (Å²) in [5, 5.41) is 8.49. The molecular formula is C10H10ClFN4S. The van der Waals surface area contributed by atoms with Gasteiger partial charge in [-0.15, -0.1) is 10.2 Å². The Morgan fingerprint density at radius 1 is 1.47 bits per heavy atom. The summed E-state index contributed by atoms with van der Waals surface area (Å²) >= 11 is 7.16. The Bertz CT molecular complexity index is 543. The number of nitrogen functional groups attached to an aromatic ring is 1. The molecule has 0 bridgehead atoms. The number of hydrogen-bond acceptors (Lipinski definition) is 4. The van der Waals surface area contributed by atoms with E-state index in [0.717, 1.165) is 5.56 Å². The van der Waals surface area contributed by atoms with E-state index in [4.69, 9.17) is 17.3 Å². The standard InChI is InChI=1S/C10H10ClFN4S/c1-16-9(13)14-15-10(16)17-5-6-2-3-8(12)7(11)4-6/h2-4H,5H2,1H3,(H2,13,14). The van der Waals surface area contributed by atoms with E-state index in [-0.39, 0.29) is 5.02 Å². The first-order valence-electron chi connectivity index (χ1n) is 4.79. The minimum atomic E-state index is -0.414. The molecule has 0 aliphatic heterocycles. The maximum atomic E-state index is 12.9. The summed E-state index contributed by atoms with van der Waals surface area (Å²) in [6.07, 6.45) is 0. The molecule has 4 nitrogen and oxygen atoms in total. The van der Waals surface area contributed by atoms with Gasteiger partial charge in [0.2, 0.25) is 5.95 Å². The smallest absolute Gasteiger partial charge is 0.222 e. The Balaban J connectivity index is 2.07. The van der Waals surface area contributed by atoms with Crippen molar-refractivity contribution in [2.24, 2.45) is 7.05 Å². The molecule has 0 aliphatic rings. The lowest BCUT2D eigenvalue weighted by Crippen LogP contribution is -1.98. The fraction of sp³-hybridized carbons (Fsp3) is 0.200. The van der Waals surface area contributed by atoms with E-state index in [9.17, 15) is 4.39 Å². The molecular weight excluding hydrogens is 263 g/mol. The van der Waals surface area contributed by atoms with Gasteiger partial charge in [-0.3, -0.25) is 4.57 Å². The van der Waals surface area contributed by atoms with Gasteiger partial charge in [0.15, 0.2) is 5.16 Å². The van der Waals surface area contributed by atoms with Crippen LogP contribution in [0.25, 0.3) is 0 Å². The molecule has 0 aliphatic carbocycles. The summed E-state index contributed by atoms with van der Waals surface area (Å²) in [5.74, 6) is 0.583. The summed E-state index contributed by atoms with van der Waals surface area (Å²) < 4.78 is 14.6. The van der Waals surface area contributed by atoms with Gasteiger partial charge in [-0.2, -0.15) is 0 Å². The van der Waals surface area contributed by atoms with Crippen molar-refractivity contribution in [1.82, 2.24) is 14.8 Å². The number of anilines is 1. The molecule has 1 heterocycles. The van der Waals surface area contributed by atoms with Gasteiger partial charge in [-0.1, -0.05) is 29.4 Å². The third kappa shape index (κ3) is 2.70. The van der Waals surface area contributed by atoms with Crippen LogP contribution in [-0.4, -0.2) is 14.8 Å². The quantitative estimate of drug-likeness (QED) is 0.872. The molecule has 0 unspecified atom stereocenters. The summed E-state index contributed by atoms with van der Waals surface area (Å²) in [6.45, 7) is 0. The van der Waals surface area contributed by atoms with E-state index >= 15 is 0 Å². The van der Waals surface area contributed by atoms with Crippen molar-refractivity contribution >= 4 is 29.3 Å². The summed E-state index contributed by atoms with van der Waals surface area (Å²) in [4.78, 5) is 0. The minimum Gasteiger partial charge on any atom is -0.368 e. The molecule has 0 radical (unpaired) electrons. The Labute approximate surface area is 107 Å². The van der Waals surface area contributed by atoms with Crippen LogP contribution in [0.4, 0.5) is 10.3 Å². The van der Waals surface area contributed by atoms with E-state index < -0.39 is 5.82 Å². The molecule has 0 atom stereocenters. The molecule has 0 saturated carbocycles. The van der Waals surface area contributed by atoms with E-state index in [2.05, 4.69) is 10.2 Å². The molecule has 0 fully saturated rings. The molecule has 17 heavy (non-hydrogen) atoms. The molecule has 1 aromatic heterocycles. The Hall–Kier alpha value is -1.27. The van der Waals surface area contributed by atoms with Crippen LogP contribution in [0.2, 0.25) is 5.02 Å². The first-order valence-corrected chi connectivity index (χ1v) is 6.16. The molecule has 90 valence electrons. The number of benzene rings is 1. The highest BCUT2D eigenvalue weighted by Gasteiger charge is 2.07. The minimum absolute atomic E-state index is 0.126. The lowest BCUT2D eigenvalue weighted by Gasteiger charge is -2.02. The van der Waals surface area contributed by atoms with Gasteiger partial charge in [0, 0.05) is 12.8 Å². The number of thioether (sulfide) groups is 1. The molecule has 2 aromatic rings. The number of nitrogens with zero attached hydrogens (tertiary/aromatic N) is 3. The highest BCUT2D eigenvalue weighted by atomic mass is 35.5. The highest BCUT2D eigenvalue weighted by Crippen LogP contribution is 2.24. The predicted molar refractivity (Wildman–Crippen MR) is 66.4 cm³/mol. The number of halogens is 2. The largest absolute Gasteiger partial charge is 0.368 e. The van der Waals surface area contributed by atoms with Crippen LogP contribution >= 0.6 is 23.4 Å². The molecule has 2 rings (SSSR count). The van der Waals surface area contributed by atoms with Crippen molar-refractivity contribution in [3.63, 3.8) is 0 Å². The number of rotatable bonds is 3. The molecule has 1 aromatic carbocycles. The molecule has 0 spiro atoms. The van der Waals surface area contributed by atoms with Crippen molar-refractivity contribution in [1.29, 1.82) is 0 Å². The Morgan fingerprint density at radius 3 is 2.82 bits per heavy atom. The van der Waals surface area contributed by atoms with Crippen LogP contribution < -0.4 is 5.73 Å². The highest BCUT2D eigenvalue weighted by molar-refractivity contribution is 7.98. The van der Waals surface area contributed by atoms with Crippen LogP contribution in [0.1, 0.15) is 5.56 Å². The summed E-state index contributed by atoms with van der Waals surface area (Å²) in [7, 11) is 1.79. The number of nitrogens with two attached hydrogens (primary N) is 1. The van der Waals surface area contributed by atoms with E-state index in [1.807, 2.05) is 0 Å². The van der Waals surface area contributed by atoms with Crippen LogP contribution in [0.15, 0.2) is 23.4 Å². The fourth-order valence-electron chi connectivity index (χ4n) is 1.23. The second-order valence-electron chi connectivity index (χ2n) is 3.44. The Morgan fingerprint density at radius 2 is 2.24 bits per heavy atom. The van der Waals surface area contributed by atoms with Crippen LogP contribution in [0.5, 0.6) is 0 Å². The zero-order valence-corrected chi connectivity index (χ0v) is 10.6. The van der Waals surface area contributed by atoms with Gasteiger partial charge in [0.1, 0.15) is 5.82 Å². The second-order valence-corrected chi connectivity index (χ2v) is 4.79. The normalized spacial score (nSPS) is 10.8. The SMILES string of the molecule is Cn1c(N)nnc1SCc1ccc(F)c(Cl)c1. The lowest BCUT2D eigenvalue weighted by atomic mass is 10.2. The van der Waals surface area contributed by atoms with Crippen LogP contribution in [-0.2, 0) is 12.8 Å². The van der Waals surface area contributed by atoms with Gasteiger partial charge in [-0.05, 0) is 17.7 Å². The van der Waals surface area contributed by atoms with Gasteiger partial charge in [0.05, 0.1) is 5.02 Å². The third-order valence-corrected chi connectivity index (χ3v) is 3.60. The maximum Gasteiger partial charge on any atom is 0.222 e. The van der Waals surface area contributed by atoms with Crippen molar-refractivity contribution in [3.05, 3.63) is 34.6 Å². The number of aromatic nitrogens is 3. The maximum absolute atomic E-state index is 12.9. The van der Waals surface area contributed by atoms with E-state index in [1.165, 1.54) is 17.8 Å². The van der Waals surface area contributed by atoms with Gasteiger partial charge < -0.3 is 5.73 Å². The van der Waals surface area contributed by atoms with Crippen molar-refractivity contribution in [3.8, 4) is 0 Å². The van der Waals surface area contributed by atoms with Crippen LogP contribution in [0.3, 0.4) is 0 Å². The molecule has 7 heteroatoms. The topological polar surface area (TPSA) is 56.7 Å². The predicted octanol–water partition coefficient (Wildman–Crippen LogP) is 2.48. The van der Waals surface area contributed by atoms with Crippen LogP contribution in [0, 0.1) is 5.82 Å². The number of hydrogen-bond donors (Lipinski definition) is 1. The van der Waals surface area contributed by atoms with E-state index in [0.29, 0.717) is 16.9 Å². The monoisotopic (exact) mass is 272 g/mol. The van der Waals surface area contributed by atoms with Crippen molar-refractivity contribution in [2.75, 3.05) is 5.73 Å². The Kier molecular flexibility index (Phi) is 3.54. The molecule has 0 amide bonds. The van der Waals surface area contributed by atoms with Gasteiger partial charge in [-0.25, -0.2) is 4.39 Å². The second kappa shape index (κ2) is 4.93. The zero-order valence-electron chi connectivity index (χ0n) is 9.02. The fourth-order valence-corrected chi connectivity index (χ4v) is 2.29. The molecule has 2 N–H and O–H groups in total. The summed E-state index contributed by atoms with van der Waals surface area (Å²) in [5.41, 5.74) is 6.48. The average Bonchev–Trinajstić information content (AvgIpc) is 2.62. The van der Waals surface area contributed by atoms with E-state index in [1.54, 1.807) is 23.7 Å². The van der Waals surface area contributed by atoms with Gasteiger partial charge >= 0.3 is 0 Å². The first kappa shape index (κ1) is 12.2. The third-order valence-electron chi connectivity index (χ3n) is 2.22. The van der Waals surface area contributed by atoms with Crippen molar-refractivity contribution in [2.45, 2.75) is 10.9 Å². The summed E-state index contributed by atoms with van der Waals surface area (Å²) in [6, 6.07) is 4.64.